The molecular weight excluding hydrogens is 211 g/mol. The zero-order valence-corrected chi connectivity index (χ0v) is 12.4. The van der Waals surface area contributed by atoms with Gasteiger partial charge in [-0.2, -0.15) is 0 Å². The van der Waals surface area contributed by atoms with Gasteiger partial charge in [-0.1, -0.05) is 59.7 Å². The monoisotopic (exact) mass is 232 g/mol. The van der Waals surface area contributed by atoms with Crippen LogP contribution in [-0.4, -0.2) is 16.6 Å². The lowest BCUT2D eigenvalue weighted by Gasteiger charge is -2.29. The van der Waals surface area contributed by atoms with Gasteiger partial charge in [0.05, 0.1) is 5.75 Å². The first-order valence-electron chi connectivity index (χ1n) is 5.68. The molecule has 0 aromatic heterocycles. The smallest absolute Gasteiger partial charge is 0.482 e. The van der Waals surface area contributed by atoms with E-state index in [0.717, 1.165) is 5.75 Å². The highest BCUT2D eigenvalue weighted by atomic mass is 27.1. The number of hydrogen-bond acceptors (Lipinski definition) is 1. The van der Waals surface area contributed by atoms with E-state index in [1.54, 1.807) is 0 Å². The lowest BCUT2D eigenvalue weighted by atomic mass is 9.80. The first kappa shape index (κ1) is 13.6. The Morgan fingerprint density at radius 1 is 0.875 bits per heavy atom. The predicted octanol–water partition coefficient (Wildman–Crippen LogP) is 3.74. The van der Waals surface area contributed by atoms with E-state index in [4.69, 9.17) is 3.79 Å². The van der Waals surface area contributed by atoms with Gasteiger partial charge < -0.3 is 3.79 Å². The fourth-order valence-electron chi connectivity index (χ4n) is 1.85. The second kappa shape index (κ2) is 4.43. The van der Waals surface area contributed by atoms with Gasteiger partial charge in [-0.05, 0) is 22.0 Å². The molecule has 0 amide bonds. The highest BCUT2D eigenvalue weighted by Gasteiger charge is 2.24. The van der Waals surface area contributed by atoms with Crippen molar-refractivity contribution >= 4 is 16.6 Å². The number of hydrogen-bond donors (Lipinski definition) is 0. The van der Waals surface area contributed by atoms with Crippen LogP contribution in [0.2, 0.25) is 0 Å². The molecule has 0 N–H and O–H groups in total. The third-order valence-electron chi connectivity index (χ3n) is 2.75. The van der Waals surface area contributed by atoms with E-state index < -0.39 is 0 Å². The molecule has 0 aliphatic carbocycles. The molecule has 2 heteroatoms. The molecule has 0 fully saturated rings. The molecule has 1 rings (SSSR count). The molecule has 0 heterocycles. The van der Waals surface area contributed by atoms with E-state index >= 15 is 0 Å². The molecule has 0 saturated heterocycles. The van der Waals surface area contributed by atoms with Crippen LogP contribution < -0.4 is 3.79 Å². The summed E-state index contributed by atoms with van der Waals surface area (Å²) >= 11 is 2.38. The van der Waals surface area contributed by atoms with Gasteiger partial charge in [0.2, 0.25) is 0 Å². The molecule has 86 valence electrons. The molecule has 0 spiro atoms. The van der Waals surface area contributed by atoms with E-state index in [1.165, 1.54) is 11.1 Å². The molecule has 0 unspecified atom stereocenters. The summed E-state index contributed by atoms with van der Waals surface area (Å²) in [5.74, 6) is 1.01. The number of benzene rings is 1. The lowest BCUT2D eigenvalue weighted by Crippen LogP contribution is -2.18. The van der Waals surface area contributed by atoms with Crippen LogP contribution >= 0.6 is 0 Å². The third kappa shape index (κ3) is 2.81. The zero-order chi connectivity index (χ0) is 12.6. The van der Waals surface area contributed by atoms with Crippen LogP contribution in [0.5, 0.6) is 5.75 Å². The maximum atomic E-state index is 5.55. The number of rotatable bonds is 1. The molecule has 1 nitrogen and oxygen atoms in total. The minimum atomic E-state index is 0.104. The summed E-state index contributed by atoms with van der Waals surface area (Å²) in [6.45, 7) is 13.3. The predicted molar refractivity (Wildman–Crippen MR) is 70.2 cm³/mol. The van der Waals surface area contributed by atoms with Crippen molar-refractivity contribution in [1.82, 2.24) is 0 Å². The molecule has 0 atom stereocenters. The molecule has 0 aliphatic heterocycles. The molecular formula is C14H21AlO. The topological polar surface area (TPSA) is 9.23 Å². The minimum Gasteiger partial charge on any atom is -0.653 e. The van der Waals surface area contributed by atoms with Crippen molar-refractivity contribution < 1.29 is 3.79 Å². The molecule has 0 aliphatic rings. The van der Waals surface area contributed by atoms with Crippen LogP contribution in [0.1, 0.15) is 52.7 Å². The van der Waals surface area contributed by atoms with Crippen molar-refractivity contribution in [3.8, 4) is 5.75 Å². The third-order valence-corrected chi connectivity index (χ3v) is 2.98. The van der Waals surface area contributed by atoms with Gasteiger partial charge in [0, 0.05) is 0 Å². The Morgan fingerprint density at radius 3 is 1.50 bits per heavy atom. The van der Waals surface area contributed by atoms with E-state index in [9.17, 15) is 0 Å². The summed E-state index contributed by atoms with van der Waals surface area (Å²) in [5, 5.41) is 0. The first-order chi connectivity index (χ1) is 7.18. The summed E-state index contributed by atoms with van der Waals surface area (Å²) in [6, 6.07) is 6.41. The Balaban J connectivity index is 3.45. The van der Waals surface area contributed by atoms with Crippen molar-refractivity contribution in [3.63, 3.8) is 0 Å². The summed E-state index contributed by atoms with van der Waals surface area (Å²) < 4.78 is 5.55. The molecule has 1 aromatic carbocycles. The Labute approximate surface area is 108 Å². The van der Waals surface area contributed by atoms with Crippen LogP contribution in [0.15, 0.2) is 18.2 Å². The zero-order valence-electron chi connectivity index (χ0n) is 11.2. The van der Waals surface area contributed by atoms with Crippen LogP contribution in [-0.2, 0) is 10.8 Å². The maximum Gasteiger partial charge on any atom is 0.482 e. The average molecular weight is 232 g/mol. The summed E-state index contributed by atoms with van der Waals surface area (Å²) in [4.78, 5) is 0. The summed E-state index contributed by atoms with van der Waals surface area (Å²) in [7, 11) is 0. The van der Waals surface area contributed by atoms with Crippen molar-refractivity contribution in [1.29, 1.82) is 0 Å². The highest BCUT2D eigenvalue weighted by molar-refractivity contribution is 6.00. The Hall–Kier alpha value is -0.448. The normalized spacial score (nSPS) is 12.6. The fourth-order valence-corrected chi connectivity index (χ4v) is 2.10. The second-order valence-electron chi connectivity index (χ2n) is 6.30. The van der Waals surface area contributed by atoms with Gasteiger partial charge in [0.15, 0.2) is 0 Å². The Kier molecular flexibility index (Phi) is 3.77. The Bertz CT molecular complexity index is 337. The van der Waals surface area contributed by atoms with Gasteiger partial charge in [0.1, 0.15) is 0 Å². The standard InChI is InChI=1S/C14H22O.Al/c1-13(2,3)10-8-7-9-11(12(10)15)14(4,5)6;/h7-9,15H,1-6H3;/q;+1/p-1. The van der Waals surface area contributed by atoms with Gasteiger partial charge in [-0.15, -0.1) is 0 Å². The van der Waals surface area contributed by atoms with Gasteiger partial charge in [0.25, 0.3) is 0 Å². The first-order valence-corrected chi connectivity index (χ1v) is 6.16. The second-order valence-corrected chi connectivity index (χ2v) is 6.54. The van der Waals surface area contributed by atoms with Crippen molar-refractivity contribution in [2.24, 2.45) is 0 Å². The Morgan fingerprint density at radius 2 is 1.25 bits per heavy atom. The van der Waals surface area contributed by atoms with Crippen LogP contribution in [0.25, 0.3) is 0 Å². The van der Waals surface area contributed by atoms with Crippen molar-refractivity contribution in [2.45, 2.75) is 52.4 Å². The molecule has 2 radical (unpaired) electrons. The van der Waals surface area contributed by atoms with Gasteiger partial charge in [-0.25, -0.2) is 0 Å². The quantitative estimate of drug-likeness (QED) is 0.670. The molecule has 1 aromatic rings. The summed E-state index contributed by atoms with van der Waals surface area (Å²) in [5.41, 5.74) is 2.73. The minimum absolute atomic E-state index is 0.104. The van der Waals surface area contributed by atoms with Crippen LogP contribution in [0.4, 0.5) is 0 Å². The van der Waals surface area contributed by atoms with E-state index in [0.29, 0.717) is 0 Å². The highest BCUT2D eigenvalue weighted by Crippen LogP contribution is 2.38. The van der Waals surface area contributed by atoms with Crippen LogP contribution in [0.3, 0.4) is 0 Å². The fraction of sp³-hybridized carbons (Fsp3) is 0.571. The van der Waals surface area contributed by atoms with E-state index in [1.807, 2.05) is 0 Å². The van der Waals surface area contributed by atoms with Crippen LogP contribution in [0, 0.1) is 0 Å². The van der Waals surface area contributed by atoms with Crippen molar-refractivity contribution in [3.05, 3.63) is 29.3 Å². The van der Waals surface area contributed by atoms with Crippen molar-refractivity contribution in [2.75, 3.05) is 0 Å². The van der Waals surface area contributed by atoms with Gasteiger partial charge >= 0.3 is 16.6 Å². The maximum absolute atomic E-state index is 5.55. The molecule has 0 bridgehead atoms. The summed E-state index contributed by atoms with van der Waals surface area (Å²) in [6.07, 6.45) is 0. The molecule has 0 saturated carbocycles. The SMILES string of the molecule is CC(C)(C)c1cccc(C(C)(C)C)c1[O][Al]. The van der Waals surface area contributed by atoms with E-state index in [2.05, 4.69) is 76.4 Å². The van der Waals surface area contributed by atoms with Gasteiger partial charge in [-0.3, -0.25) is 0 Å². The molecule has 16 heavy (non-hydrogen) atoms. The number of para-hydroxylation sites is 1. The lowest BCUT2D eigenvalue weighted by molar-refractivity contribution is 0.501. The van der Waals surface area contributed by atoms with E-state index in [-0.39, 0.29) is 10.8 Å². The average Bonchev–Trinajstić information content (AvgIpc) is 2.13. The largest absolute Gasteiger partial charge is 0.653 e.